The van der Waals surface area contributed by atoms with Gasteiger partial charge in [-0.1, -0.05) is 29.8 Å². The number of amides is 1. The molecule has 0 saturated carbocycles. The minimum Gasteiger partial charge on any atom is -0.488 e. The van der Waals surface area contributed by atoms with Crippen LogP contribution in [0.2, 0.25) is 5.02 Å². The second kappa shape index (κ2) is 8.23. The van der Waals surface area contributed by atoms with Crippen LogP contribution >= 0.6 is 11.6 Å². The zero-order valence-corrected chi connectivity index (χ0v) is 15.0. The van der Waals surface area contributed by atoms with Gasteiger partial charge in [0.05, 0.1) is 12.1 Å². The first-order chi connectivity index (χ1) is 12.5. The van der Waals surface area contributed by atoms with E-state index in [2.05, 4.69) is 0 Å². The van der Waals surface area contributed by atoms with Crippen LogP contribution in [0.5, 0.6) is 5.75 Å². The molecule has 1 saturated heterocycles. The van der Waals surface area contributed by atoms with Gasteiger partial charge in [0.2, 0.25) is 5.91 Å². The highest BCUT2D eigenvalue weighted by atomic mass is 35.5. The van der Waals surface area contributed by atoms with E-state index in [0.717, 1.165) is 17.7 Å². The molecule has 1 atom stereocenters. The lowest BCUT2D eigenvalue weighted by Crippen LogP contribution is -2.31. The Kier molecular flexibility index (Phi) is 5.78. The van der Waals surface area contributed by atoms with Crippen molar-refractivity contribution in [3.05, 3.63) is 64.7 Å². The van der Waals surface area contributed by atoms with E-state index in [1.807, 2.05) is 17.0 Å². The van der Waals surface area contributed by atoms with Crippen LogP contribution in [0.15, 0.2) is 48.5 Å². The highest BCUT2D eigenvalue weighted by Gasteiger charge is 2.27. The summed E-state index contributed by atoms with van der Waals surface area (Å²) in [7, 11) is 0. The molecule has 136 valence electrons. The molecule has 0 radical (unpaired) electrons. The number of carbonyl (C=O) groups excluding carboxylic acids is 1. The maximum atomic E-state index is 12.4. The topological polar surface area (TPSA) is 66.8 Å². The molecule has 2 aromatic carbocycles. The number of nitrogens with zero attached hydrogens (tertiary/aromatic N) is 1. The number of ether oxygens (including phenoxy) is 1. The second-order valence-electron chi connectivity index (χ2n) is 6.33. The largest absolute Gasteiger partial charge is 0.488 e. The average molecular weight is 374 g/mol. The summed E-state index contributed by atoms with van der Waals surface area (Å²) in [6.45, 7) is 1.26. The molecule has 26 heavy (non-hydrogen) atoms. The lowest BCUT2D eigenvalue weighted by molar-refractivity contribution is -0.130. The smallest absolute Gasteiger partial charge is 0.335 e. The molecule has 2 aromatic rings. The van der Waals surface area contributed by atoms with E-state index in [4.69, 9.17) is 21.4 Å². The van der Waals surface area contributed by atoms with E-state index in [1.165, 1.54) is 0 Å². The Morgan fingerprint density at radius 2 is 1.96 bits per heavy atom. The molecule has 1 N–H and O–H groups in total. The summed E-state index contributed by atoms with van der Waals surface area (Å²) in [6, 6.07) is 13.9. The van der Waals surface area contributed by atoms with Crippen molar-refractivity contribution < 1.29 is 19.4 Å². The maximum Gasteiger partial charge on any atom is 0.335 e. The lowest BCUT2D eigenvalue weighted by Gasteiger charge is -2.17. The Morgan fingerprint density at radius 1 is 1.19 bits per heavy atom. The molecule has 1 fully saturated rings. The standard InChI is InChI=1S/C20H20ClNO4/c21-16-2-1-3-17(12-16)26-18-10-11-22(13-18)19(23)9-6-14-4-7-15(8-5-14)20(24)25/h1-5,7-8,12,18H,6,9-11,13H2,(H,24,25). The Hall–Kier alpha value is -2.53. The normalized spacial score (nSPS) is 16.5. The maximum absolute atomic E-state index is 12.4. The van der Waals surface area contributed by atoms with Crippen molar-refractivity contribution >= 4 is 23.5 Å². The lowest BCUT2D eigenvalue weighted by atomic mass is 10.1. The number of carboxylic acids is 1. The number of aromatic carboxylic acids is 1. The number of hydrogen-bond donors (Lipinski definition) is 1. The van der Waals surface area contributed by atoms with Crippen molar-refractivity contribution in [1.29, 1.82) is 0 Å². The molecular formula is C20H20ClNO4. The third-order valence-electron chi connectivity index (χ3n) is 4.42. The average Bonchev–Trinajstić information content (AvgIpc) is 3.08. The van der Waals surface area contributed by atoms with Crippen LogP contribution < -0.4 is 4.74 Å². The van der Waals surface area contributed by atoms with Crippen LogP contribution in [0.1, 0.15) is 28.8 Å². The predicted octanol–water partition coefficient (Wildman–Crippen LogP) is 3.65. The van der Waals surface area contributed by atoms with Crippen molar-refractivity contribution in [3.63, 3.8) is 0 Å². The highest BCUT2D eigenvalue weighted by Crippen LogP contribution is 2.22. The highest BCUT2D eigenvalue weighted by molar-refractivity contribution is 6.30. The van der Waals surface area contributed by atoms with Gasteiger partial charge in [0.25, 0.3) is 0 Å². The first-order valence-corrected chi connectivity index (χ1v) is 8.91. The van der Waals surface area contributed by atoms with Crippen molar-refractivity contribution in [2.75, 3.05) is 13.1 Å². The van der Waals surface area contributed by atoms with Gasteiger partial charge >= 0.3 is 5.97 Å². The number of benzene rings is 2. The first kappa shape index (κ1) is 18.3. The van der Waals surface area contributed by atoms with Crippen LogP contribution in [0, 0.1) is 0 Å². The summed E-state index contributed by atoms with van der Waals surface area (Å²) < 4.78 is 5.90. The van der Waals surface area contributed by atoms with E-state index in [0.29, 0.717) is 31.0 Å². The minimum atomic E-state index is -0.949. The molecule has 3 rings (SSSR count). The molecule has 0 bridgehead atoms. The zero-order chi connectivity index (χ0) is 18.5. The van der Waals surface area contributed by atoms with Crippen molar-refractivity contribution in [2.24, 2.45) is 0 Å². The van der Waals surface area contributed by atoms with E-state index < -0.39 is 5.97 Å². The zero-order valence-electron chi connectivity index (χ0n) is 14.2. The number of likely N-dealkylation sites (tertiary alicyclic amines) is 1. The quantitative estimate of drug-likeness (QED) is 0.839. The molecular weight excluding hydrogens is 354 g/mol. The fraction of sp³-hybridized carbons (Fsp3) is 0.300. The predicted molar refractivity (Wildman–Crippen MR) is 98.8 cm³/mol. The summed E-state index contributed by atoms with van der Waals surface area (Å²) in [5.41, 5.74) is 1.20. The van der Waals surface area contributed by atoms with E-state index in [-0.39, 0.29) is 17.6 Å². The van der Waals surface area contributed by atoms with Gasteiger partial charge in [0.1, 0.15) is 11.9 Å². The SMILES string of the molecule is O=C(O)c1ccc(CCC(=O)N2CCC(Oc3cccc(Cl)c3)C2)cc1. The van der Waals surface area contributed by atoms with Crippen LogP contribution in [-0.4, -0.2) is 41.1 Å². The molecule has 0 aliphatic carbocycles. The number of carboxylic acid groups (broad SMARTS) is 1. The molecule has 0 aromatic heterocycles. The molecule has 1 aliphatic heterocycles. The Morgan fingerprint density at radius 3 is 2.65 bits per heavy atom. The number of rotatable bonds is 6. The van der Waals surface area contributed by atoms with Crippen LogP contribution in [0.4, 0.5) is 0 Å². The van der Waals surface area contributed by atoms with Gasteiger partial charge in [-0.25, -0.2) is 4.79 Å². The van der Waals surface area contributed by atoms with Crippen molar-refractivity contribution in [3.8, 4) is 5.75 Å². The fourth-order valence-corrected chi connectivity index (χ4v) is 3.19. The molecule has 1 amide bonds. The van der Waals surface area contributed by atoms with Gasteiger partial charge in [-0.3, -0.25) is 4.79 Å². The minimum absolute atomic E-state index is 0.0210. The van der Waals surface area contributed by atoms with Gasteiger partial charge in [-0.15, -0.1) is 0 Å². The monoisotopic (exact) mass is 373 g/mol. The molecule has 0 spiro atoms. The van der Waals surface area contributed by atoms with Crippen LogP contribution in [-0.2, 0) is 11.2 Å². The number of halogens is 1. The number of aryl methyl sites for hydroxylation is 1. The van der Waals surface area contributed by atoms with Gasteiger partial charge in [0, 0.05) is 24.4 Å². The summed E-state index contributed by atoms with van der Waals surface area (Å²) >= 11 is 5.96. The molecule has 1 aliphatic rings. The van der Waals surface area contributed by atoms with Crippen LogP contribution in [0.25, 0.3) is 0 Å². The molecule has 1 unspecified atom stereocenters. The van der Waals surface area contributed by atoms with E-state index >= 15 is 0 Å². The Balaban J connectivity index is 1.47. The van der Waals surface area contributed by atoms with Gasteiger partial charge in [0.15, 0.2) is 0 Å². The summed E-state index contributed by atoms with van der Waals surface area (Å²) in [5, 5.41) is 9.53. The molecule has 6 heteroatoms. The Bertz CT molecular complexity index is 791. The van der Waals surface area contributed by atoms with Crippen LogP contribution in [0.3, 0.4) is 0 Å². The molecule has 5 nitrogen and oxygen atoms in total. The summed E-state index contributed by atoms with van der Waals surface area (Å²) in [6.07, 6.45) is 1.77. The first-order valence-electron chi connectivity index (χ1n) is 8.53. The third kappa shape index (κ3) is 4.76. The number of hydrogen-bond acceptors (Lipinski definition) is 3. The van der Waals surface area contributed by atoms with Gasteiger partial charge in [-0.05, 0) is 42.3 Å². The van der Waals surface area contributed by atoms with E-state index in [9.17, 15) is 9.59 Å². The van der Waals surface area contributed by atoms with Crippen molar-refractivity contribution in [2.45, 2.75) is 25.4 Å². The van der Waals surface area contributed by atoms with Gasteiger partial charge < -0.3 is 14.7 Å². The second-order valence-corrected chi connectivity index (χ2v) is 6.76. The third-order valence-corrected chi connectivity index (χ3v) is 4.66. The molecule has 1 heterocycles. The number of carbonyl (C=O) groups is 2. The van der Waals surface area contributed by atoms with Crippen molar-refractivity contribution in [1.82, 2.24) is 4.90 Å². The van der Waals surface area contributed by atoms with E-state index in [1.54, 1.807) is 36.4 Å². The van der Waals surface area contributed by atoms with Gasteiger partial charge in [-0.2, -0.15) is 0 Å². The summed E-state index contributed by atoms with van der Waals surface area (Å²) in [4.78, 5) is 25.1. The Labute approximate surface area is 157 Å². The summed E-state index contributed by atoms with van der Waals surface area (Å²) in [5.74, 6) is -0.143. The fourth-order valence-electron chi connectivity index (χ4n) is 3.01.